The number of likely N-dealkylation sites (tertiary alicyclic amines) is 1. The maximum absolute atomic E-state index is 11.6. The number of primary amides is 1. The summed E-state index contributed by atoms with van der Waals surface area (Å²) in [4.78, 5) is 29.0. The summed E-state index contributed by atoms with van der Waals surface area (Å²) < 4.78 is 0. The molecule has 0 radical (unpaired) electrons. The normalized spacial score (nSPS) is 18.9. The average Bonchev–Trinajstić information content (AvgIpc) is 2.49. The average molecular weight is 311 g/mol. The van der Waals surface area contributed by atoms with E-state index in [9.17, 15) is 9.59 Å². The highest BCUT2D eigenvalue weighted by atomic mass is 16.1. The van der Waals surface area contributed by atoms with Crippen molar-refractivity contribution in [3.63, 3.8) is 0 Å². The Balaban J connectivity index is 2.37. The molecule has 0 bridgehead atoms. The van der Waals surface area contributed by atoms with Crippen molar-refractivity contribution in [2.75, 3.05) is 33.2 Å². The summed E-state index contributed by atoms with van der Waals surface area (Å²) in [7, 11) is 1.73. The fraction of sp³-hybridized carbons (Fsp3) is 0.800. The lowest BCUT2D eigenvalue weighted by Gasteiger charge is -2.34. The van der Waals surface area contributed by atoms with E-state index in [0.717, 1.165) is 38.3 Å². The first kappa shape index (κ1) is 18.3. The number of nitrogens with two attached hydrogens (primary N) is 1. The fourth-order valence-corrected chi connectivity index (χ4v) is 2.68. The summed E-state index contributed by atoms with van der Waals surface area (Å²) in [5.41, 5.74) is 5.28. The second-order valence-corrected chi connectivity index (χ2v) is 5.70. The van der Waals surface area contributed by atoms with Gasteiger partial charge in [0.25, 0.3) is 0 Å². The van der Waals surface area contributed by atoms with Crippen molar-refractivity contribution in [3.8, 4) is 0 Å². The van der Waals surface area contributed by atoms with Gasteiger partial charge in [-0.2, -0.15) is 0 Å². The molecule has 0 aliphatic carbocycles. The summed E-state index contributed by atoms with van der Waals surface area (Å²) in [5.74, 6) is 0.882. The molecule has 1 aliphatic rings. The Bertz CT molecular complexity index is 397. The maximum atomic E-state index is 11.6. The summed E-state index contributed by atoms with van der Waals surface area (Å²) in [6, 6.07) is 0. The highest BCUT2D eigenvalue weighted by Crippen LogP contribution is 2.19. The van der Waals surface area contributed by atoms with Crippen LogP contribution in [-0.2, 0) is 9.59 Å². The minimum atomic E-state index is -0.248. The summed E-state index contributed by atoms with van der Waals surface area (Å²) in [6.07, 6.45) is 3.84. The van der Waals surface area contributed by atoms with Gasteiger partial charge in [0.15, 0.2) is 5.96 Å². The van der Waals surface area contributed by atoms with E-state index in [-0.39, 0.29) is 17.7 Å². The van der Waals surface area contributed by atoms with Gasteiger partial charge in [0.2, 0.25) is 11.8 Å². The predicted molar refractivity (Wildman–Crippen MR) is 87.4 cm³/mol. The third-order valence-corrected chi connectivity index (χ3v) is 3.73. The molecule has 0 aromatic carbocycles. The molecule has 1 fully saturated rings. The molecular formula is C15H29N5O2. The van der Waals surface area contributed by atoms with E-state index in [4.69, 9.17) is 5.73 Å². The van der Waals surface area contributed by atoms with Gasteiger partial charge in [-0.15, -0.1) is 0 Å². The largest absolute Gasteiger partial charge is 0.370 e. The molecule has 1 unspecified atom stereocenters. The Morgan fingerprint density at radius 2 is 2.09 bits per heavy atom. The van der Waals surface area contributed by atoms with Crippen molar-refractivity contribution in [1.29, 1.82) is 0 Å². The minimum absolute atomic E-state index is 0.0510. The molecule has 22 heavy (non-hydrogen) atoms. The van der Waals surface area contributed by atoms with Crippen molar-refractivity contribution in [3.05, 3.63) is 0 Å². The van der Waals surface area contributed by atoms with Gasteiger partial charge >= 0.3 is 0 Å². The molecule has 0 aromatic rings. The number of aliphatic imine (C=N–C) groups is 1. The zero-order chi connectivity index (χ0) is 16.4. The van der Waals surface area contributed by atoms with Gasteiger partial charge in [-0.1, -0.05) is 6.92 Å². The topological polar surface area (TPSA) is 99.8 Å². The number of guanidine groups is 1. The Hall–Kier alpha value is -1.79. The van der Waals surface area contributed by atoms with Crippen molar-refractivity contribution < 1.29 is 9.59 Å². The van der Waals surface area contributed by atoms with E-state index >= 15 is 0 Å². The molecule has 1 rings (SSSR count). The van der Waals surface area contributed by atoms with Crippen LogP contribution in [0.1, 0.15) is 39.0 Å². The monoisotopic (exact) mass is 311 g/mol. The van der Waals surface area contributed by atoms with Crippen LogP contribution in [0.4, 0.5) is 0 Å². The Morgan fingerprint density at radius 1 is 1.32 bits per heavy atom. The Morgan fingerprint density at radius 3 is 2.73 bits per heavy atom. The van der Waals surface area contributed by atoms with Crippen LogP contribution in [0.25, 0.3) is 0 Å². The van der Waals surface area contributed by atoms with Crippen molar-refractivity contribution in [1.82, 2.24) is 15.5 Å². The number of nitrogens with zero attached hydrogens (tertiary/aromatic N) is 2. The smallest absolute Gasteiger partial charge is 0.221 e. The lowest BCUT2D eigenvalue weighted by Crippen LogP contribution is -2.47. The van der Waals surface area contributed by atoms with Crippen molar-refractivity contribution in [2.24, 2.45) is 16.6 Å². The van der Waals surface area contributed by atoms with Crippen LogP contribution < -0.4 is 16.4 Å². The zero-order valence-electron chi connectivity index (χ0n) is 13.7. The predicted octanol–water partition coefficient (Wildman–Crippen LogP) is 0.0655. The molecule has 0 spiro atoms. The number of piperidine rings is 1. The van der Waals surface area contributed by atoms with E-state index in [1.807, 2.05) is 6.92 Å². The standard InChI is InChI=1S/C15H29N5O2/c1-3-7-18-14(22)6-8-19-15(17-2)20-9-4-5-12(11-20)10-13(16)21/h12H,3-11H2,1-2H3,(H2,16,21)(H,17,19)(H,18,22). The van der Waals surface area contributed by atoms with E-state index < -0.39 is 0 Å². The molecule has 7 nitrogen and oxygen atoms in total. The number of rotatable bonds is 7. The van der Waals surface area contributed by atoms with Gasteiger partial charge in [0, 0.05) is 46.1 Å². The lowest BCUT2D eigenvalue weighted by molar-refractivity contribution is -0.121. The molecule has 1 atom stereocenters. The van der Waals surface area contributed by atoms with E-state index in [0.29, 0.717) is 25.9 Å². The molecule has 126 valence electrons. The summed E-state index contributed by atoms with van der Waals surface area (Å²) in [5, 5.41) is 6.07. The highest BCUT2D eigenvalue weighted by molar-refractivity contribution is 5.81. The van der Waals surface area contributed by atoms with Crippen LogP contribution in [0.3, 0.4) is 0 Å². The number of carbonyl (C=O) groups is 2. The molecule has 0 saturated carbocycles. The second kappa shape index (κ2) is 10.0. The molecule has 0 aromatic heterocycles. The van der Waals surface area contributed by atoms with Crippen LogP contribution in [0.2, 0.25) is 0 Å². The highest BCUT2D eigenvalue weighted by Gasteiger charge is 2.23. The molecule has 7 heteroatoms. The SMILES string of the molecule is CCCNC(=O)CCNC(=NC)N1CCCC(CC(N)=O)C1. The third-order valence-electron chi connectivity index (χ3n) is 3.73. The van der Waals surface area contributed by atoms with Crippen LogP contribution >= 0.6 is 0 Å². The van der Waals surface area contributed by atoms with Gasteiger partial charge < -0.3 is 21.3 Å². The van der Waals surface area contributed by atoms with Gasteiger partial charge in [-0.05, 0) is 25.2 Å². The van der Waals surface area contributed by atoms with E-state index in [1.165, 1.54) is 0 Å². The minimum Gasteiger partial charge on any atom is -0.370 e. The molecule has 1 saturated heterocycles. The van der Waals surface area contributed by atoms with Gasteiger partial charge in [-0.3, -0.25) is 14.6 Å². The van der Waals surface area contributed by atoms with Crippen molar-refractivity contribution in [2.45, 2.75) is 39.0 Å². The van der Waals surface area contributed by atoms with Gasteiger partial charge in [-0.25, -0.2) is 0 Å². The second-order valence-electron chi connectivity index (χ2n) is 5.70. The quantitative estimate of drug-likeness (QED) is 0.457. The fourth-order valence-electron chi connectivity index (χ4n) is 2.68. The van der Waals surface area contributed by atoms with Crippen LogP contribution in [-0.4, -0.2) is 55.9 Å². The number of carbonyl (C=O) groups excluding carboxylic acids is 2. The first-order valence-electron chi connectivity index (χ1n) is 8.07. The number of nitrogens with one attached hydrogen (secondary N) is 2. The molecule has 2 amide bonds. The van der Waals surface area contributed by atoms with Gasteiger partial charge in [0.05, 0.1) is 0 Å². The molecule has 1 heterocycles. The first-order chi connectivity index (χ1) is 10.6. The number of hydrogen-bond donors (Lipinski definition) is 3. The third kappa shape index (κ3) is 6.78. The van der Waals surface area contributed by atoms with Crippen molar-refractivity contribution >= 4 is 17.8 Å². The first-order valence-corrected chi connectivity index (χ1v) is 8.07. The van der Waals surface area contributed by atoms with E-state index in [1.54, 1.807) is 7.05 Å². The number of hydrogen-bond acceptors (Lipinski definition) is 3. The summed E-state index contributed by atoms with van der Waals surface area (Å²) >= 11 is 0. The zero-order valence-corrected chi connectivity index (χ0v) is 13.7. The van der Waals surface area contributed by atoms with Crippen LogP contribution in [0, 0.1) is 5.92 Å². The lowest BCUT2D eigenvalue weighted by atomic mass is 9.95. The Kier molecular flexibility index (Phi) is 8.32. The number of amides is 2. The van der Waals surface area contributed by atoms with Crippen LogP contribution in [0.5, 0.6) is 0 Å². The van der Waals surface area contributed by atoms with Gasteiger partial charge in [0.1, 0.15) is 0 Å². The molecule has 1 aliphatic heterocycles. The van der Waals surface area contributed by atoms with Crippen LogP contribution in [0.15, 0.2) is 4.99 Å². The summed E-state index contributed by atoms with van der Waals surface area (Å²) in [6.45, 7) is 4.99. The Labute approximate surface area is 132 Å². The molecule has 4 N–H and O–H groups in total. The molecular weight excluding hydrogens is 282 g/mol. The van der Waals surface area contributed by atoms with E-state index in [2.05, 4.69) is 20.5 Å². The maximum Gasteiger partial charge on any atom is 0.221 e.